The van der Waals surface area contributed by atoms with Gasteiger partial charge in [0.2, 0.25) is 5.88 Å². The van der Waals surface area contributed by atoms with E-state index < -0.39 is 0 Å². The zero-order valence-electron chi connectivity index (χ0n) is 18.2. The molecule has 5 heterocycles. The maximum atomic E-state index is 6.43. The maximum absolute atomic E-state index is 6.43. The molecule has 5 rings (SSSR count). The summed E-state index contributed by atoms with van der Waals surface area (Å²) in [7, 11) is 1.69. The monoisotopic (exact) mass is 454 g/mol. The van der Waals surface area contributed by atoms with E-state index in [0.717, 1.165) is 46.0 Å². The summed E-state index contributed by atoms with van der Waals surface area (Å²) in [5, 5.41) is 4.45. The molecule has 0 spiro atoms. The molecule has 0 aliphatic carbocycles. The lowest BCUT2D eigenvalue weighted by Crippen LogP contribution is -2.26. The van der Waals surface area contributed by atoms with E-state index in [2.05, 4.69) is 15.5 Å². The molecule has 0 atom stereocenters. The number of aryl methyl sites for hydroxylation is 1. The van der Waals surface area contributed by atoms with Crippen molar-refractivity contribution in [3.63, 3.8) is 0 Å². The Hall–Kier alpha value is -2.82. The van der Waals surface area contributed by atoms with Crippen molar-refractivity contribution >= 4 is 22.6 Å². The highest BCUT2D eigenvalue weighted by atomic mass is 32.1. The van der Waals surface area contributed by atoms with Crippen LogP contribution < -0.4 is 4.74 Å². The Kier molecular flexibility index (Phi) is 6.15. The lowest BCUT2D eigenvalue weighted by molar-refractivity contribution is 0.0242. The molecule has 0 unspecified atom stereocenters. The van der Waals surface area contributed by atoms with Gasteiger partial charge in [0.05, 0.1) is 49.5 Å². The van der Waals surface area contributed by atoms with Gasteiger partial charge in [-0.3, -0.25) is 4.68 Å². The molecule has 1 aliphatic heterocycles. The zero-order valence-corrected chi connectivity index (χ0v) is 19.0. The molecule has 168 valence electrons. The van der Waals surface area contributed by atoms with Gasteiger partial charge in [0.15, 0.2) is 0 Å². The third-order valence-electron chi connectivity index (χ3n) is 5.43. The Morgan fingerprint density at radius 2 is 2.12 bits per heavy atom. The summed E-state index contributed by atoms with van der Waals surface area (Å²) in [6.45, 7) is 4.71. The molecule has 0 aromatic carbocycles. The first-order valence-electron chi connectivity index (χ1n) is 10.8. The van der Waals surface area contributed by atoms with Gasteiger partial charge in [-0.25, -0.2) is 4.98 Å². The van der Waals surface area contributed by atoms with Gasteiger partial charge in [-0.2, -0.15) is 14.5 Å². The normalized spacial score (nSPS) is 14.9. The van der Waals surface area contributed by atoms with Crippen LogP contribution in [0.2, 0.25) is 0 Å². The molecule has 4 aromatic heterocycles. The van der Waals surface area contributed by atoms with Crippen molar-refractivity contribution in [3.05, 3.63) is 47.1 Å². The van der Waals surface area contributed by atoms with Crippen LogP contribution in [0.25, 0.3) is 16.7 Å². The summed E-state index contributed by atoms with van der Waals surface area (Å²) >= 11 is 1.49. The van der Waals surface area contributed by atoms with Crippen LogP contribution in [-0.2, 0) is 22.4 Å². The first-order valence-corrected chi connectivity index (χ1v) is 11.5. The molecule has 1 aliphatic rings. The molecule has 1 fully saturated rings. The largest absolute Gasteiger partial charge is 0.473 e. The van der Waals surface area contributed by atoms with E-state index in [1.54, 1.807) is 7.11 Å². The van der Waals surface area contributed by atoms with Crippen molar-refractivity contribution in [2.75, 3.05) is 26.9 Å². The van der Waals surface area contributed by atoms with E-state index >= 15 is 0 Å². The van der Waals surface area contributed by atoms with Gasteiger partial charge in [0.25, 0.3) is 0 Å². The smallest absolute Gasteiger partial charge is 0.242 e. The highest BCUT2D eigenvalue weighted by Crippen LogP contribution is 2.29. The number of hydrogen-bond acceptors (Lipinski definition) is 8. The van der Waals surface area contributed by atoms with Crippen LogP contribution in [0.4, 0.5) is 0 Å². The van der Waals surface area contributed by atoms with Gasteiger partial charge in [0.1, 0.15) is 17.4 Å². The van der Waals surface area contributed by atoms with Crippen LogP contribution in [-0.4, -0.2) is 61.7 Å². The Labute approximate surface area is 190 Å². The van der Waals surface area contributed by atoms with Gasteiger partial charge in [-0.15, -0.1) is 0 Å². The van der Waals surface area contributed by atoms with Crippen molar-refractivity contribution in [2.24, 2.45) is 0 Å². The summed E-state index contributed by atoms with van der Waals surface area (Å²) in [6, 6.07) is 4.08. The SMILES string of the molecule is COCCn1cc(-n2ccc3nc(Cc4cc(C)ns4)nc(OC4CCOCC4)c32)cn1. The molecular formula is C22H26N6O3S. The Morgan fingerprint density at radius 3 is 2.91 bits per heavy atom. The summed E-state index contributed by atoms with van der Waals surface area (Å²) in [5.74, 6) is 1.34. The van der Waals surface area contributed by atoms with Crippen LogP contribution in [0.1, 0.15) is 29.2 Å². The number of aromatic nitrogens is 6. The Morgan fingerprint density at radius 1 is 1.25 bits per heavy atom. The van der Waals surface area contributed by atoms with Gasteiger partial charge >= 0.3 is 0 Å². The van der Waals surface area contributed by atoms with Gasteiger partial charge in [-0.1, -0.05) is 0 Å². The van der Waals surface area contributed by atoms with Crippen molar-refractivity contribution in [1.29, 1.82) is 0 Å². The lowest BCUT2D eigenvalue weighted by atomic mass is 10.1. The Balaban J connectivity index is 1.52. The zero-order chi connectivity index (χ0) is 21.9. The number of nitrogens with zero attached hydrogens (tertiary/aromatic N) is 6. The minimum Gasteiger partial charge on any atom is -0.473 e. The summed E-state index contributed by atoms with van der Waals surface area (Å²) in [6.07, 6.45) is 8.23. The molecule has 0 N–H and O–H groups in total. The standard InChI is InChI=1S/C22H26N6O3S/c1-15-11-18(32-26-15)12-20-24-19-3-6-28(16-13-23-27(14-16)7-10-29-2)21(19)22(25-20)31-17-4-8-30-9-5-17/h3,6,11,13-14,17H,4-5,7-10,12H2,1-2H3. The van der Waals surface area contributed by atoms with Crippen LogP contribution in [0.5, 0.6) is 5.88 Å². The topological polar surface area (TPSA) is 89.1 Å². The second-order valence-electron chi connectivity index (χ2n) is 7.86. The van der Waals surface area contributed by atoms with Crippen LogP contribution >= 0.6 is 11.5 Å². The fraction of sp³-hybridized carbons (Fsp3) is 0.455. The van der Waals surface area contributed by atoms with E-state index in [1.807, 2.05) is 40.8 Å². The first kappa shape index (κ1) is 21.0. The second kappa shape index (κ2) is 9.35. The molecule has 0 saturated carbocycles. The molecular weight excluding hydrogens is 428 g/mol. The molecule has 32 heavy (non-hydrogen) atoms. The number of hydrogen-bond donors (Lipinski definition) is 0. The molecule has 0 amide bonds. The van der Waals surface area contributed by atoms with Gasteiger partial charge in [0, 0.05) is 43.6 Å². The third kappa shape index (κ3) is 4.52. The minimum absolute atomic E-state index is 0.0770. The highest BCUT2D eigenvalue weighted by Gasteiger charge is 2.21. The summed E-state index contributed by atoms with van der Waals surface area (Å²) in [4.78, 5) is 10.8. The van der Waals surface area contributed by atoms with Gasteiger partial charge < -0.3 is 18.8 Å². The molecule has 0 bridgehead atoms. The fourth-order valence-electron chi connectivity index (χ4n) is 3.83. The Bertz CT molecular complexity index is 1190. The van der Waals surface area contributed by atoms with Crippen molar-refractivity contribution < 1.29 is 14.2 Å². The number of ether oxygens (including phenoxy) is 3. The van der Waals surface area contributed by atoms with Crippen molar-refractivity contribution in [2.45, 2.75) is 38.8 Å². The van der Waals surface area contributed by atoms with E-state index in [0.29, 0.717) is 38.7 Å². The fourth-order valence-corrected chi connectivity index (χ4v) is 4.56. The predicted octanol–water partition coefficient (Wildman–Crippen LogP) is 3.18. The van der Waals surface area contributed by atoms with E-state index in [-0.39, 0.29) is 6.10 Å². The number of rotatable bonds is 8. The number of fused-ring (bicyclic) bond motifs is 1. The van der Waals surface area contributed by atoms with Gasteiger partial charge in [-0.05, 0) is 30.6 Å². The third-order valence-corrected chi connectivity index (χ3v) is 6.30. The molecule has 0 radical (unpaired) electrons. The summed E-state index contributed by atoms with van der Waals surface area (Å²) in [5.41, 5.74) is 3.65. The van der Waals surface area contributed by atoms with Crippen LogP contribution in [0, 0.1) is 6.92 Å². The van der Waals surface area contributed by atoms with Crippen LogP contribution in [0.3, 0.4) is 0 Å². The minimum atomic E-state index is 0.0770. The molecule has 9 nitrogen and oxygen atoms in total. The highest BCUT2D eigenvalue weighted by molar-refractivity contribution is 7.05. The van der Waals surface area contributed by atoms with Crippen molar-refractivity contribution in [1.82, 2.24) is 28.7 Å². The maximum Gasteiger partial charge on any atom is 0.242 e. The first-order chi connectivity index (χ1) is 15.7. The van der Waals surface area contributed by atoms with E-state index in [4.69, 9.17) is 24.2 Å². The van der Waals surface area contributed by atoms with E-state index in [9.17, 15) is 0 Å². The lowest BCUT2D eigenvalue weighted by Gasteiger charge is -2.23. The molecule has 4 aromatic rings. The van der Waals surface area contributed by atoms with Crippen molar-refractivity contribution in [3.8, 4) is 11.6 Å². The average Bonchev–Trinajstić information content (AvgIpc) is 3.53. The van der Waals surface area contributed by atoms with E-state index in [1.165, 1.54) is 11.5 Å². The van der Waals surface area contributed by atoms with Crippen LogP contribution in [0.15, 0.2) is 30.7 Å². The molecule has 10 heteroatoms. The molecule has 1 saturated heterocycles. The quantitative estimate of drug-likeness (QED) is 0.404. The number of methoxy groups -OCH3 is 1. The second-order valence-corrected chi connectivity index (χ2v) is 8.75. The predicted molar refractivity (Wildman–Crippen MR) is 121 cm³/mol. The average molecular weight is 455 g/mol. The summed E-state index contributed by atoms with van der Waals surface area (Å²) < 4.78 is 25.4.